The number of benzene rings is 1. The molecule has 5 heteroatoms. The van der Waals surface area contributed by atoms with Crippen molar-refractivity contribution in [1.82, 2.24) is 4.83 Å². The monoisotopic (exact) mass is 350 g/mol. The second-order valence-electron chi connectivity index (χ2n) is 8.28. The molecule has 0 aromatic heterocycles. The molecular weight excluding hydrogens is 320 g/mol. The number of hydrogen-bond acceptors (Lipinski definition) is 3. The van der Waals surface area contributed by atoms with E-state index in [1.807, 2.05) is 6.92 Å². The summed E-state index contributed by atoms with van der Waals surface area (Å²) in [4.78, 5) is 2.69. The summed E-state index contributed by atoms with van der Waals surface area (Å²) in [6.45, 7) is 13.1. The van der Waals surface area contributed by atoms with Crippen LogP contribution in [-0.2, 0) is 10.0 Å². The molecule has 0 bridgehead atoms. The van der Waals surface area contributed by atoms with E-state index in [0.717, 1.165) is 24.1 Å². The molecule has 1 aliphatic carbocycles. The van der Waals surface area contributed by atoms with Crippen molar-refractivity contribution in [3.05, 3.63) is 29.8 Å². The molecular formula is C19H30N2O2S. The molecule has 0 aliphatic heterocycles. The fourth-order valence-corrected chi connectivity index (χ4v) is 4.31. The van der Waals surface area contributed by atoms with Crippen LogP contribution in [-0.4, -0.2) is 14.1 Å². The lowest BCUT2D eigenvalue weighted by Gasteiger charge is -2.40. The van der Waals surface area contributed by atoms with Crippen LogP contribution in [0, 0.1) is 30.1 Å². The van der Waals surface area contributed by atoms with Crippen molar-refractivity contribution in [1.29, 1.82) is 0 Å². The Balaban J connectivity index is 2.15. The highest BCUT2D eigenvalue weighted by Gasteiger charge is 2.36. The van der Waals surface area contributed by atoms with Crippen molar-refractivity contribution in [2.24, 2.45) is 28.3 Å². The Bertz CT molecular complexity index is 686. The Morgan fingerprint density at radius 1 is 1.04 bits per heavy atom. The van der Waals surface area contributed by atoms with Gasteiger partial charge in [-0.2, -0.15) is 13.5 Å². The maximum atomic E-state index is 12.4. The fourth-order valence-electron chi connectivity index (χ4n) is 3.49. The molecule has 4 nitrogen and oxygen atoms in total. The Labute approximate surface area is 146 Å². The first-order chi connectivity index (χ1) is 11.0. The summed E-state index contributed by atoms with van der Waals surface area (Å²) in [5, 5.41) is 4.31. The summed E-state index contributed by atoms with van der Waals surface area (Å²) in [7, 11) is -3.60. The fraction of sp³-hybridized carbons (Fsp3) is 0.632. The van der Waals surface area contributed by atoms with E-state index in [9.17, 15) is 8.42 Å². The van der Waals surface area contributed by atoms with Crippen LogP contribution in [0.15, 0.2) is 34.3 Å². The van der Waals surface area contributed by atoms with Gasteiger partial charge in [0.1, 0.15) is 0 Å². The van der Waals surface area contributed by atoms with Gasteiger partial charge in [0, 0.05) is 5.71 Å². The number of sulfonamides is 1. The van der Waals surface area contributed by atoms with Crippen molar-refractivity contribution < 1.29 is 8.42 Å². The van der Waals surface area contributed by atoms with Gasteiger partial charge in [-0.25, -0.2) is 4.83 Å². The highest BCUT2D eigenvalue weighted by Crippen LogP contribution is 2.41. The standard InChI is InChI=1S/C19H30N2O2S/c1-13-7-9-17(10-8-13)24(22,23)21-20-18-14(2)11-16(12-15(18)3)19(4,5)6/h7-10,14-16,21H,11-12H2,1-6H3. The molecule has 1 fully saturated rings. The number of nitrogens with zero attached hydrogens (tertiary/aromatic N) is 1. The average molecular weight is 351 g/mol. The van der Waals surface area contributed by atoms with Crippen LogP contribution >= 0.6 is 0 Å². The summed E-state index contributed by atoms with van der Waals surface area (Å²) in [6, 6.07) is 6.81. The van der Waals surface area contributed by atoms with Crippen LogP contribution < -0.4 is 4.83 Å². The van der Waals surface area contributed by atoms with Gasteiger partial charge in [-0.15, -0.1) is 0 Å². The van der Waals surface area contributed by atoms with E-state index in [-0.39, 0.29) is 10.3 Å². The normalized spacial score (nSPS) is 25.4. The molecule has 0 amide bonds. The van der Waals surface area contributed by atoms with Crippen LogP contribution in [0.1, 0.15) is 53.0 Å². The first-order valence-corrected chi connectivity index (χ1v) is 10.1. The molecule has 0 radical (unpaired) electrons. The largest absolute Gasteiger partial charge is 0.276 e. The van der Waals surface area contributed by atoms with Crippen LogP contribution in [0.4, 0.5) is 0 Å². The van der Waals surface area contributed by atoms with Crippen LogP contribution in [0.3, 0.4) is 0 Å². The van der Waals surface area contributed by atoms with E-state index in [0.29, 0.717) is 17.8 Å². The maximum Gasteiger partial charge on any atom is 0.276 e. The van der Waals surface area contributed by atoms with E-state index in [4.69, 9.17) is 0 Å². The molecule has 24 heavy (non-hydrogen) atoms. The second-order valence-corrected chi connectivity index (χ2v) is 9.94. The molecule has 2 rings (SSSR count). The highest BCUT2D eigenvalue weighted by molar-refractivity contribution is 7.89. The minimum absolute atomic E-state index is 0.251. The summed E-state index contributed by atoms with van der Waals surface area (Å²) in [5.74, 6) is 1.22. The van der Waals surface area contributed by atoms with Gasteiger partial charge in [0.25, 0.3) is 10.0 Å². The van der Waals surface area contributed by atoms with Gasteiger partial charge in [-0.05, 0) is 55.1 Å². The van der Waals surface area contributed by atoms with Gasteiger partial charge in [-0.1, -0.05) is 52.3 Å². The zero-order valence-corrected chi connectivity index (χ0v) is 16.4. The first kappa shape index (κ1) is 19.0. The third-order valence-corrected chi connectivity index (χ3v) is 6.36. The van der Waals surface area contributed by atoms with E-state index < -0.39 is 10.0 Å². The number of hydrogen-bond donors (Lipinski definition) is 1. The van der Waals surface area contributed by atoms with Crippen molar-refractivity contribution >= 4 is 15.7 Å². The predicted molar refractivity (Wildman–Crippen MR) is 99.4 cm³/mol. The minimum Gasteiger partial charge on any atom is -0.200 e. The highest BCUT2D eigenvalue weighted by atomic mass is 32.2. The molecule has 2 atom stereocenters. The zero-order chi connectivity index (χ0) is 18.1. The lowest BCUT2D eigenvalue weighted by Crippen LogP contribution is -2.37. The second kappa shape index (κ2) is 6.87. The Morgan fingerprint density at radius 3 is 2.00 bits per heavy atom. The molecule has 0 spiro atoms. The summed E-state index contributed by atoms with van der Waals surface area (Å²) in [6.07, 6.45) is 2.11. The lowest BCUT2D eigenvalue weighted by atomic mass is 9.66. The minimum atomic E-state index is -3.60. The van der Waals surface area contributed by atoms with E-state index in [2.05, 4.69) is 44.6 Å². The number of nitrogens with one attached hydrogen (secondary N) is 1. The summed E-state index contributed by atoms with van der Waals surface area (Å²) in [5.41, 5.74) is 2.27. The van der Waals surface area contributed by atoms with Crippen molar-refractivity contribution in [3.63, 3.8) is 0 Å². The van der Waals surface area contributed by atoms with Gasteiger partial charge in [0.2, 0.25) is 0 Å². The van der Waals surface area contributed by atoms with Crippen molar-refractivity contribution in [3.8, 4) is 0 Å². The summed E-state index contributed by atoms with van der Waals surface area (Å²) >= 11 is 0. The number of hydrazone groups is 1. The summed E-state index contributed by atoms with van der Waals surface area (Å²) < 4.78 is 24.8. The first-order valence-electron chi connectivity index (χ1n) is 8.66. The topological polar surface area (TPSA) is 58.5 Å². The predicted octanol–water partition coefficient (Wildman–Crippen LogP) is 4.36. The number of aryl methyl sites for hydroxylation is 1. The van der Waals surface area contributed by atoms with Crippen LogP contribution in [0.2, 0.25) is 0 Å². The van der Waals surface area contributed by atoms with Gasteiger partial charge in [0.15, 0.2) is 0 Å². The molecule has 0 heterocycles. The van der Waals surface area contributed by atoms with E-state index in [1.54, 1.807) is 24.3 Å². The van der Waals surface area contributed by atoms with E-state index >= 15 is 0 Å². The average Bonchev–Trinajstić information content (AvgIpc) is 2.45. The molecule has 2 unspecified atom stereocenters. The Hall–Kier alpha value is -1.36. The third-order valence-electron chi connectivity index (χ3n) is 5.14. The quantitative estimate of drug-likeness (QED) is 0.824. The Kier molecular flexibility index (Phi) is 5.43. The Morgan fingerprint density at radius 2 is 1.54 bits per heavy atom. The molecule has 1 N–H and O–H groups in total. The van der Waals surface area contributed by atoms with Crippen LogP contribution in [0.5, 0.6) is 0 Å². The zero-order valence-electron chi connectivity index (χ0n) is 15.6. The molecule has 1 aromatic rings. The molecule has 134 valence electrons. The molecule has 1 aromatic carbocycles. The van der Waals surface area contributed by atoms with Gasteiger partial charge in [-0.3, -0.25) is 0 Å². The molecule has 1 saturated carbocycles. The van der Waals surface area contributed by atoms with Gasteiger partial charge in [0.05, 0.1) is 4.90 Å². The van der Waals surface area contributed by atoms with E-state index in [1.165, 1.54) is 0 Å². The maximum absolute atomic E-state index is 12.4. The van der Waals surface area contributed by atoms with Crippen molar-refractivity contribution in [2.45, 2.75) is 59.3 Å². The van der Waals surface area contributed by atoms with Crippen molar-refractivity contribution in [2.75, 3.05) is 0 Å². The molecule has 0 saturated heterocycles. The van der Waals surface area contributed by atoms with Gasteiger partial charge < -0.3 is 0 Å². The smallest absolute Gasteiger partial charge is 0.200 e. The SMILES string of the molecule is Cc1ccc(S(=O)(=O)NN=C2C(C)CC(C(C)(C)C)CC2C)cc1. The third kappa shape index (κ3) is 4.38. The van der Waals surface area contributed by atoms with Crippen LogP contribution in [0.25, 0.3) is 0 Å². The van der Waals surface area contributed by atoms with Gasteiger partial charge >= 0.3 is 0 Å². The molecule has 1 aliphatic rings. The lowest BCUT2D eigenvalue weighted by molar-refractivity contribution is 0.172. The number of rotatable bonds is 3.